The summed E-state index contributed by atoms with van der Waals surface area (Å²) in [4.78, 5) is 34.9. The Morgan fingerprint density at radius 1 is 1.47 bits per heavy atom. The second kappa shape index (κ2) is 7.13. The molecule has 1 aromatic heterocycles. The van der Waals surface area contributed by atoms with Crippen molar-refractivity contribution in [2.45, 2.75) is 19.5 Å². The molecule has 0 atom stereocenters. The number of nitriles is 1. The number of carbonyl (C=O) groups is 1. The predicted octanol–water partition coefficient (Wildman–Crippen LogP) is -2.00. The summed E-state index contributed by atoms with van der Waals surface area (Å²) in [6.07, 6.45) is 1.76. The fourth-order valence-corrected chi connectivity index (χ4v) is 1.48. The van der Waals surface area contributed by atoms with E-state index < -0.39 is 17.2 Å². The van der Waals surface area contributed by atoms with Crippen molar-refractivity contribution in [1.82, 2.24) is 14.5 Å². The number of nitrogens with two attached hydrogens (primary N) is 1. The summed E-state index contributed by atoms with van der Waals surface area (Å²) < 4.78 is 2.15. The molecule has 0 aromatic carbocycles. The first kappa shape index (κ1) is 14.7. The van der Waals surface area contributed by atoms with Crippen LogP contribution in [-0.2, 0) is 17.9 Å². The van der Waals surface area contributed by atoms with Crippen LogP contribution in [0.15, 0.2) is 21.9 Å². The van der Waals surface area contributed by atoms with Crippen LogP contribution in [0.4, 0.5) is 0 Å². The Bertz CT molecular complexity index is 596. The number of nitrogens with one attached hydrogen (secondary N) is 1. The van der Waals surface area contributed by atoms with Gasteiger partial charge in [0.1, 0.15) is 13.1 Å². The lowest BCUT2D eigenvalue weighted by atomic mass is 10.4. The van der Waals surface area contributed by atoms with Crippen LogP contribution in [0.3, 0.4) is 0 Å². The van der Waals surface area contributed by atoms with Crippen LogP contribution < -0.4 is 22.3 Å². The Morgan fingerprint density at radius 3 is 2.84 bits per heavy atom. The van der Waals surface area contributed by atoms with Gasteiger partial charge in [-0.25, -0.2) is 4.79 Å². The van der Waals surface area contributed by atoms with Crippen LogP contribution in [0.5, 0.6) is 0 Å². The minimum atomic E-state index is -0.562. The third kappa shape index (κ3) is 4.08. The maximum Gasteiger partial charge on any atom is 0.331 e. The molecule has 102 valence electrons. The van der Waals surface area contributed by atoms with E-state index in [0.29, 0.717) is 13.0 Å². The molecule has 19 heavy (non-hydrogen) atoms. The van der Waals surface area contributed by atoms with Gasteiger partial charge < -0.3 is 11.1 Å². The lowest BCUT2D eigenvalue weighted by Crippen LogP contribution is -2.42. The topological polar surface area (TPSA) is 123 Å². The molecule has 0 saturated heterocycles. The summed E-state index contributed by atoms with van der Waals surface area (Å²) in [6, 6.07) is 2.98. The first-order valence-corrected chi connectivity index (χ1v) is 5.74. The van der Waals surface area contributed by atoms with Crippen LogP contribution in [0.25, 0.3) is 0 Å². The van der Waals surface area contributed by atoms with Gasteiger partial charge in [-0.3, -0.25) is 18.7 Å². The molecule has 0 aliphatic rings. The Balaban J connectivity index is 2.92. The summed E-state index contributed by atoms with van der Waals surface area (Å²) >= 11 is 0. The highest BCUT2D eigenvalue weighted by Crippen LogP contribution is 1.83. The average Bonchev–Trinajstić information content (AvgIpc) is 2.39. The smallest absolute Gasteiger partial charge is 0.331 e. The number of nitrogens with zero attached hydrogens (tertiary/aromatic N) is 3. The quantitative estimate of drug-likeness (QED) is 0.576. The molecule has 1 heterocycles. The summed E-state index contributed by atoms with van der Waals surface area (Å²) in [5, 5.41) is 10.6. The molecular formula is C11H15N5O3. The van der Waals surface area contributed by atoms with E-state index in [2.05, 4.69) is 5.32 Å². The van der Waals surface area contributed by atoms with Crippen LogP contribution >= 0.6 is 0 Å². The van der Waals surface area contributed by atoms with Crippen LogP contribution in [0.1, 0.15) is 6.42 Å². The van der Waals surface area contributed by atoms with Gasteiger partial charge in [-0.15, -0.1) is 0 Å². The highest BCUT2D eigenvalue weighted by molar-refractivity contribution is 5.75. The average molecular weight is 265 g/mol. The Morgan fingerprint density at radius 2 is 2.21 bits per heavy atom. The molecular weight excluding hydrogens is 250 g/mol. The van der Waals surface area contributed by atoms with Crippen molar-refractivity contribution in [3.05, 3.63) is 33.1 Å². The van der Waals surface area contributed by atoms with Crippen LogP contribution in [0, 0.1) is 11.3 Å². The minimum Gasteiger partial charge on any atom is -0.341 e. The van der Waals surface area contributed by atoms with E-state index in [-0.39, 0.29) is 19.6 Å². The highest BCUT2D eigenvalue weighted by atomic mass is 16.2. The second-order valence-corrected chi connectivity index (χ2v) is 3.79. The molecule has 0 fully saturated rings. The van der Waals surface area contributed by atoms with E-state index in [4.69, 9.17) is 11.0 Å². The van der Waals surface area contributed by atoms with E-state index >= 15 is 0 Å². The van der Waals surface area contributed by atoms with Gasteiger partial charge in [-0.1, -0.05) is 0 Å². The molecule has 0 radical (unpaired) electrons. The maximum absolute atomic E-state index is 11.9. The molecule has 0 spiro atoms. The van der Waals surface area contributed by atoms with Crippen molar-refractivity contribution in [1.29, 1.82) is 5.26 Å². The molecule has 8 heteroatoms. The van der Waals surface area contributed by atoms with E-state index in [1.807, 2.05) is 0 Å². The van der Waals surface area contributed by atoms with Crippen molar-refractivity contribution < 1.29 is 4.79 Å². The molecule has 8 nitrogen and oxygen atoms in total. The summed E-state index contributed by atoms with van der Waals surface area (Å²) in [5.74, 6) is -0.465. The molecule has 1 amide bonds. The summed E-state index contributed by atoms with van der Waals surface area (Å²) in [7, 11) is 0. The van der Waals surface area contributed by atoms with Gasteiger partial charge in [0.2, 0.25) is 5.91 Å². The minimum absolute atomic E-state index is 0.125. The number of amides is 1. The molecule has 0 aliphatic carbocycles. The van der Waals surface area contributed by atoms with E-state index in [1.165, 1.54) is 12.3 Å². The monoisotopic (exact) mass is 265 g/mol. The van der Waals surface area contributed by atoms with Gasteiger partial charge >= 0.3 is 5.69 Å². The standard InChI is InChI=1S/C11H15N5O3/c12-3-1-6-16-10(18)2-7-15(11(16)19)8-9(17)14-5-4-13/h2,7H,1,3,5-6,8,12H2,(H,14,17). The second-order valence-electron chi connectivity index (χ2n) is 3.79. The van der Waals surface area contributed by atoms with Crippen molar-refractivity contribution in [3.63, 3.8) is 0 Å². The highest BCUT2D eigenvalue weighted by Gasteiger charge is 2.08. The van der Waals surface area contributed by atoms with Gasteiger partial charge in [0.25, 0.3) is 5.56 Å². The van der Waals surface area contributed by atoms with Gasteiger partial charge in [0.05, 0.1) is 6.07 Å². The van der Waals surface area contributed by atoms with E-state index in [1.54, 1.807) is 6.07 Å². The number of aromatic nitrogens is 2. The van der Waals surface area contributed by atoms with E-state index in [0.717, 1.165) is 9.13 Å². The number of hydrogen-bond donors (Lipinski definition) is 2. The van der Waals surface area contributed by atoms with Crippen molar-refractivity contribution in [2.75, 3.05) is 13.1 Å². The lowest BCUT2D eigenvalue weighted by molar-refractivity contribution is -0.121. The molecule has 1 aromatic rings. The number of carbonyl (C=O) groups excluding carboxylic acids is 1. The number of rotatable bonds is 6. The summed E-state index contributed by atoms with van der Waals surface area (Å²) in [5.41, 5.74) is 4.35. The zero-order valence-electron chi connectivity index (χ0n) is 10.3. The van der Waals surface area contributed by atoms with Crippen LogP contribution in [0.2, 0.25) is 0 Å². The summed E-state index contributed by atoms with van der Waals surface area (Å²) in [6.45, 7) is 0.224. The van der Waals surface area contributed by atoms with E-state index in [9.17, 15) is 14.4 Å². The Hall–Kier alpha value is -2.40. The molecule has 0 unspecified atom stereocenters. The first-order chi connectivity index (χ1) is 9.10. The molecule has 1 rings (SSSR count). The third-order valence-electron chi connectivity index (χ3n) is 2.40. The van der Waals surface area contributed by atoms with Crippen molar-refractivity contribution in [3.8, 4) is 6.07 Å². The van der Waals surface area contributed by atoms with Gasteiger partial charge in [-0.05, 0) is 13.0 Å². The zero-order chi connectivity index (χ0) is 14.3. The van der Waals surface area contributed by atoms with Crippen molar-refractivity contribution in [2.24, 2.45) is 5.73 Å². The molecule has 0 bridgehead atoms. The van der Waals surface area contributed by atoms with Gasteiger partial charge in [-0.2, -0.15) is 5.26 Å². The predicted molar refractivity (Wildman–Crippen MR) is 67.3 cm³/mol. The van der Waals surface area contributed by atoms with Gasteiger partial charge in [0.15, 0.2) is 0 Å². The number of hydrogen-bond acceptors (Lipinski definition) is 5. The maximum atomic E-state index is 11.9. The molecule has 3 N–H and O–H groups in total. The zero-order valence-corrected chi connectivity index (χ0v) is 10.3. The third-order valence-corrected chi connectivity index (χ3v) is 2.40. The van der Waals surface area contributed by atoms with Gasteiger partial charge in [0, 0.05) is 18.8 Å². The lowest BCUT2D eigenvalue weighted by Gasteiger charge is -2.08. The van der Waals surface area contributed by atoms with Crippen LogP contribution in [-0.4, -0.2) is 28.1 Å². The molecule has 0 aliphatic heterocycles. The normalized spacial score (nSPS) is 9.89. The first-order valence-electron chi connectivity index (χ1n) is 5.74. The fraction of sp³-hybridized carbons (Fsp3) is 0.455. The largest absolute Gasteiger partial charge is 0.341 e. The SMILES string of the molecule is N#CCNC(=O)Cn1ccc(=O)n(CCCN)c1=O. The Labute approximate surface area is 109 Å². The Kier molecular flexibility index (Phi) is 5.50. The molecule has 0 saturated carbocycles. The van der Waals surface area contributed by atoms with Crippen molar-refractivity contribution >= 4 is 5.91 Å². The fourth-order valence-electron chi connectivity index (χ4n) is 1.48.